The number of rotatable bonds is 4. The monoisotopic (exact) mass is 262 g/mol. The van der Waals surface area contributed by atoms with Crippen LogP contribution in [0.4, 0.5) is 0 Å². The minimum atomic E-state index is 0.709. The summed E-state index contributed by atoms with van der Waals surface area (Å²) in [6.07, 6.45) is 0.855. The van der Waals surface area contributed by atoms with Gasteiger partial charge in [-0.1, -0.05) is 35.9 Å². The van der Waals surface area contributed by atoms with Gasteiger partial charge in [0.25, 0.3) is 0 Å². The number of carbonyl (C=O) groups excluding carboxylic acids is 1. The highest BCUT2D eigenvalue weighted by Gasteiger charge is 1.97. The summed E-state index contributed by atoms with van der Waals surface area (Å²) in [7, 11) is 0. The predicted octanol–water partition coefficient (Wildman–Crippen LogP) is 4.44. The van der Waals surface area contributed by atoms with E-state index in [1.165, 1.54) is 5.56 Å². The van der Waals surface area contributed by atoms with Crippen molar-refractivity contribution in [2.75, 3.05) is 0 Å². The maximum absolute atomic E-state index is 10.5. The third-order valence-electron chi connectivity index (χ3n) is 2.33. The van der Waals surface area contributed by atoms with Crippen LogP contribution in [0.5, 0.6) is 0 Å². The zero-order valence-electron chi connectivity index (χ0n) is 9.10. The molecule has 86 valence electrons. The minimum Gasteiger partial charge on any atom is -0.298 e. The third-order valence-corrected chi connectivity index (χ3v) is 3.67. The number of hydrogen-bond acceptors (Lipinski definition) is 2. The van der Waals surface area contributed by atoms with Gasteiger partial charge >= 0.3 is 0 Å². The molecular weight excluding hydrogens is 252 g/mol. The lowest BCUT2D eigenvalue weighted by molar-refractivity contribution is 0.112. The molecule has 0 bridgehead atoms. The number of carbonyl (C=O) groups is 1. The number of aldehydes is 1. The number of halogens is 1. The average Bonchev–Trinajstić information content (AvgIpc) is 2.39. The molecule has 3 heteroatoms. The molecule has 0 N–H and O–H groups in total. The normalized spacial score (nSPS) is 10.2. The lowest BCUT2D eigenvalue weighted by Gasteiger charge is -2.02. The van der Waals surface area contributed by atoms with E-state index in [1.807, 2.05) is 48.5 Å². The van der Waals surface area contributed by atoms with E-state index in [1.54, 1.807) is 11.8 Å². The van der Waals surface area contributed by atoms with Gasteiger partial charge in [-0.3, -0.25) is 4.79 Å². The fraction of sp³-hybridized carbons (Fsp3) is 0.0714. The van der Waals surface area contributed by atoms with Gasteiger partial charge in [0, 0.05) is 21.2 Å². The van der Waals surface area contributed by atoms with E-state index < -0.39 is 0 Å². The van der Waals surface area contributed by atoms with E-state index in [9.17, 15) is 4.79 Å². The summed E-state index contributed by atoms with van der Waals surface area (Å²) in [5.74, 6) is 0.900. The van der Waals surface area contributed by atoms with E-state index in [0.29, 0.717) is 5.56 Å². The van der Waals surface area contributed by atoms with Crippen LogP contribution in [0, 0.1) is 0 Å². The summed E-state index contributed by atoms with van der Waals surface area (Å²) in [5, 5.41) is 0.758. The van der Waals surface area contributed by atoms with Crippen molar-refractivity contribution in [1.29, 1.82) is 0 Å². The summed E-state index contributed by atoms with van der Waals surface area (Å²) in [6, 6.07) is 15.4. The Bertz CT molecular complexity index is 491. The highest BCUT2D eigenvalue weighted by atomic mass is 35.5. The number of benzene rings is 2. The molecule has 0 aromatic heterocycles. The first-order chi connectivity index (χ1) is 8.28. The van der Waals surface area contributed by atoms with Gasteiger partial charge < -0.3 is 0 Å². The van der Waals surface area contributed by atoms with Gasteiger partial charge in [-0.05, 0) is 29.8 Å². The van der Waals surface area contributed by atoms with Crippen molar-refractivity contribution in [2.24, 2.45) is 0 Å². The molecule has 0 spiro atoms. The van der Waals surface area contributed by atoms with Gasteiger partial charge in [0.2, 0.25) is 0 Å². The van der Waals surface area contributed by atoms with Crippen molar-refractivity contribution in [3.8, 4) is 0 Å². The Hall–Kier alpha value is -1.25. The first kappa shape index (κ1) is 12.2. The van der Waals surface area contributed by atoms with Crippen LogP contribution >= 0.6 is 23.4 Å². The molecule has 0 saturated heterocycles. The maximum Gasteiger partial charge on any atom is 0.150 e. The van der Waals surface area contributed by atoms with E-state index in [4.69, 9.17) is 11.6 Å². The molecule has 17 heavy (non-hydrogen) atoms. The largest absolute Gasteiger partial charge is 0.298 e. The van der Waals surface area contributed by atoms with Crippen molar-refractivity contribution in [1.82, 2.24) is 0 Å². The molecule has 2 rings (SSSR count). The van der Waals surface area contributed by atoms with Gasteiger partial charge in [0.1, 0.15) is 6.29 Å². The van der Waals surface area contributed by atoms with Gasteiger partial charge in [-0.15, -0.1) is 11.8 Å². The van der Waals surface area contributed by atoms with Crippen LogP contribution in [0.15, 0.2) is 53.4 Å². The molecular formula is C14H11ClOS. The van der Waals surface area contributed by atoms with Crippen LogP contribution in [0.2, 0.25) is 5.02 Å². The summed E-state index contributed by atoms with van der Waals surface area (Å²) in [6.45, 7) is 0. The van der Waals surface area contributed by atoms with Crippen LogP contribution in [0.25, 0.3) is 0 Å². The van der Waals surface area contributed by atoms with Crippen molar-refractivity contribution in [3.05, 3.63) is 64.7 Å². The summed E-state index contributed by atoms with van der Waals surface area (Å²) >= 11 is 7.56. The standard InChI is InChI=1S/C14H11ClOS/c15-13-5-1-12(2-6-13)10-17-14-7-3-11(9-16)4-8-14/h1-9H,10H2. The smallest absolute Gasteiger partial charge is 0.150 e. The zero-order valence-corrected chi connectivity index (χ0v) is 10.7. The number of thioether (sulfide) groups is 1. The van der Waals surface area contributed by atoms with E-state index >= 15 is 0 Å². The Morgan fingerprint density at radius 2 is 1.65 bits per heavy atom. The molecule has 0 fully saturated rings. The molecule has 0 unspecified atom stereocenters. The van der Waals surface area contributed by atoms with Crippen molar-refractivity contribution < 1.29 is 4.79 Å². The lowest BCUT2D eigenvalue weighted by Crippen LogP contribution is -1.81. The summed E-state index contributed by atoms with van der Waals surface area (Å²) < 4.78 is 0. The molecule has 0 saturated carbocycles. The second kappa shape index (κ2) is 5.89. The van der Waals surface area contributed by atoms with E-state index in [-0.39, 0.29) is 0 Å². The molecule has 0 aliphatic heterocycles. The fourth-order valence-electron chi connectivity index (χ4n) is 1.39. The Labute approximate surface area is 110 Å². The molecule has 0 atom stereocenters. The van der Waals surface area contributed by atoms with Crippen LogP contribution in [-0.4, -0.2) is 6.29 Å². The second-order valence-corrected chi connectivity index (χ2v) is 5.09. The molecule has 0 amide bonds. The van der Waals surface area contributed by atoms with Gasteiger partial charge in [-0.25, -0.2) is 0 Å². The number of hydrogen-bond donors (Lipinski definition) is 0. The predicted molar refractivity (Wildman–Crippen MR) is 72.8 cm³/mol. The molecule has 2 aromatic carbocycles. The molecule has 1 nitrogen and oxygen atoms in total. The topological polar surface area (TPSA) is 17.1 Å². The Kier molecular flexibility index (Phi) is 4.24. The van der Waals surface area contributed by atoms with Crippen LogP contribution in [-0.2, 0) is 5.75 Å². The van der Waals surface area contributed by atoms with Gasteiger partial charge in [0.05, 0.1) is 0 Å². The highest BCUT2D eigenvalue weighted by molar-refractivity contribution is 7.98. The lowest BCUT2D eigenvalue weighted by atomic mass is 10.2. The molecule has 0 heterocycles. The fourth-order valence-corrected chi connectivity index (χ4v) is 2.37. The van der Waals surface area contributed by atoms with E-state index in [2.05, 4.69) is 0 Å². The van der Waals surface area contributed by atoms with Gasteiger partial charge in [0.15, 0.2) is 0 Å². The average molecular weight is 263 g/mol. The molecule has 0 aliphatic rings. The van der Waals surface area contributed by atoms with Crippen LogP contribution in [0.1, 0.15) is 15.9 Å². The van der Waals surface area contributed by atoms with Crippen molar-refractivity contribution in [3.63, 3.8) is 0 Å². The Morgan fingerprint density at radius 3 is 2.24 bits per heavy atom. The molecule has 0 radical (unpaired) electrons. The van der Waals surface area contributed by atoms with Crippen molar-refractivity contribution in [2.45, 2.75) is 10.6 Å². The Morgan fingerprint density at radius 1 is 1.00 bits per heavy atom. The third kappa shape index (κ3) is 3.62. The first-order valence-electron chi connectivity index (χ1n) is 5.20. The van der Waals surface area contributed by atoms with E-state index in [0.717, 1.165) is 22.0 Å². The summed E-state index contributed by atoms with van der Waals surface area (Å²) in [5.41, 5.74) is 1.94. The van der Waals surface area contributed by atoms with Crippen LogP contribution < -0.4 is 0 Å². The van der Waals surface area contributed by atoms with Gasteiger partial charge in [-0.2, -0.15) is 0 Å². The maximum atomic E-state index is 10.5. The first-order valence-corrected chi connectivity index (χ1v) is 6.57. The summed E-state index contributed by atoms with van der Waals surface area (Å²) in [4.78, 5) is 11.7. The minimum absolute atomic E-state index is 0.709. The molecule has 2 aromatic rings. The van der Waals surface area contributed by atoms with Crippen molar-refractivity contribution >= 4 is 29.6 Å². The highest BCUT2D eigenvalue weighted by Crippen LogP contribution is 2.23. The molecule has 0 aliphatic carbocycles. The quantitative estimate of drug-likeness (QED) is 0.598. The SMILES string of the molecule is O=Cc1ccc(SCc2ccc(Cl)cc2)cc1. The zero-order chi connectivity index (χ0) is 12.1. The Balaban J connectivity index is 1.97. The second-order valence-electron chi connectivity index (χ2n) is 3.60. The van der Waals surface area contributed by atoms with Crippen LogP contribution in [0.3, 0.4) is 0 Å².